The van der Waals surface area contributed by atoms with Crippen molar-refractivity contribution in [2.45, 2.75) is 39.8 Å². The molecule has 174 valence electrons. The van der Waals surface area contributed by atoms with Crippen LogP contribution >= 0.6 is 11.6 Å². The van der Waals surface area contributed by atoms with Crippen LogP contribution in [0.3, 0.4) is 0 Å². The Morgan fingerprint density at radius 3 is 2.85 bits per heavy atom. The lowest BCUT2D eigenvalue weighted by Crippen LogP contribution is -2.18. The van der Waals surface area contributed by atoms with Crippen molar-refractivity contribution < 1.29 is 18.9 Å². The summed E-state index contributed by atoms with van der Waals surface area (Å²) >= 11 is 6.47. The molecule has 0 amide bonds. The minimum atomic E-state index is -0.331. The average Bonchev–Trinajstić information content (AvgIpc) is 3.44. The van der Waals surface area contributed by atoms with E-state index < -0.39 is 0 Å². The third-order valence-electron chi connectivity index (χ3n) is 4.91. The second-order valence-corrected chi connectivity index (χ2v) is 8.14. The van der Waals surface area contributed by atoms with Crippen molar-refractivity contribution in [1.29, 1.82) is 5.26 Å². The van der Waals surface area contributed by atoms with E-state index in [1.165, 1.54) is 0 Å². The van der Waals surface area contributed by atoms with Gasteiger partial charge < -0.3 is 14.1 Å². The van der Waals surface area contributed by atoms with E-state index in [-0.39, 0.29) is 18.0 Å². The number of nitrogens with zero attached hydrogens (tertiary/aromatic N) is 4. The third-order valence-corrected chi connectivity index (χ3v) is 5.21. The molecule has 0 aliphatic carbocycles. The van der Waals surface area contributed by atoms with Crippen molar-refractivity contribution >= 4 is 28.5 Å². The molecule has 0 unspecified atom stereocenters. The van der Waals surface area contributed by atoms with Crippen LogP contribution in [-0.2, 0) is 16.2 Å². The van der Waals surface area contributed by atoms with Gasteiger partial charge in [0.25, 0.3) is 11.8 Å². The normalized spacial score (nSPS) is 11.1. The summed E-state index contributed by atoms with van der Waals surface area (Å²) < 4.78 is 12.8. The molecule has 0 bridgehead atoms. The Labute approximate surface area is 200 Å². The number of aromatic nitrogens is 3. The molecule has 0 saturated carbocycles. The highest BCUT2D eigenvalue weighted by Crippen LogP contribution is 2.30. The van der Waals surface area contributed by atoms with Gasteiger partial charge in [0.1, 0.15) is 11.8 Å². The van der Waals surface area contributed by atoms with E-state index >= 15 is 0 Å². The molecule has 0 radical (unpaired) electrons. The molecule has 0 aliphatic rings. The molecule has 0 atom stereocenters. The lowest BCUT2D eigenvalue weighted by Gasteiger charge is -2.11. The van der Waals surface area contributed by atoms with E-state index in [9.17, 15) is 10.1 Å². The van der Waals surface area contributed by atoms with Gasteiger partial charge >= 0.3 is 5.97 Å². The summed E-state index contributed by atoms with van der Waals surface area (Å²) in [6.07, 6.45) is 1.94. The van der Waals surface area contributed by atoms with Crippen LogP contribution in [0.25, 0.3) is 28.3 Å². The molecule has 4 aromatic rings. The van der Waals surface area contributed by atoms with Gasteiger partial charge in [-0.05, 0) is 54.9 Å². The molecule has 0 spiro atoms. The highest BCUT2D eigenvalue weighted by Gasteiger charge is 2.17. The van der Waals surface area contributed by atoms with Gasteiger partial charge in [0, 0.05) is 23.6 Å². The topological polar surface area (TPSA) is 115 Å². The number of benzene rings is 2. The Hall–Kier alpha value is -3.87. The zero-order valence-electron chi connectivity index (χ0n) is 18.8. The molecule has 0 saturated heterocycles. The molecule has 10 heteroatoms. The van der Waals surface area contributed by atoms with E-state index in [0.717, 1.165) is 16.5 Å². The van der Waals surface area contributed by atoms with E-state index in [4.69, 9.17) is 25.7 Å². The summed E-state index contributed by atoms with van der Waals surface area (Å²) in [6.45, 7) is 5.85. The molecule has 34 heavy (non-hydrogen) atoms. The van der Waals surface area contributed by atoms with Crippen LogP contribution in [0, 0.1) is 11.3 Å². The van der Waals surface area contributed by atoms with Crippen molar-refractivity contribution in [2.24, 2.45) is 0 Å². The monoisotopic (exact) mass is 479 g/mol. The Bertz CT molecular complexity index is 1390. The van der Waals surface area contributed by atoms with Crippen LogP contribution in [0.5, 0.6) is 5.75 Å². The first-order valence-electron chi connectivity index (χ1n) is 10.7. The fraction of sp³-hybridized carbons (Fsp3) is 0.250. The number of carbonyl (C=O) groups is 1. The van der Waals surface area contributed by atoms with E-state index in [1.807, 2.05) is 32.0 Å². The zero-order chi connectivity index (χ0) is 24.2. The maximum atomic E-state index is 11.3. The first-order valence-corrected chi connectivity index (χ1v) is 11.0. The van der Waals surface area contributed by atoms with Gasteiger partial charge in [-0.2, -0.15) is 10.2 Å². The van der Waals surface area contributed by atoms with Gasteiger partial charge in [0.05, 0.1) is 28.8 Å². The minimum Gasteiger partial charge on any atom is -0.490 e. The number of hydroxylamine groups is 1. The Morgan fingerprint density at radius 1 is 1.29 bits per heavy atom. The standard InChI is InChI=1S/C24H22ClN5O4/c1-4-22(31)33-27-12-15-5-7-20-18(9-15)19(25)13-30(20)24-28-23(34-29-24)16-6-8-21(32-14(2)3)17(10-16)11-26/h5-10,13-14,27H,4,12H2,1-3H3. The van der Waals surface area contributed by atoms with E-state index in [0.29, 0.717) is 40.8 Å². The molecule has 0 aliphatic heterocycles. The van der Waals surface area contributed by atoms with Gasteiger partial charge in [-0.1, -0.05) is 24.6 Å². The van der Waals surface area contributed by atoms with E-state index in [1.54, 1.807) is 35.9 Å². The Morgan fingerprint density at radius 2 is 2.12 bits per heavy atom. The quantitative estimate of drug-likeness (QED) is 0.353. The number of ether oxygens (including phenoxy) is 1. The number of hydrogen-bond acceptors (Lipinski definition) is 8. The smallest absolute Gasteiger partial charge is 0.324 e. The number of halogens is 1. The summed E-state index contributed by atoms with van der Waals surface area (Å²) in [5.74, 6) is 0.732. The molecule has 9 nitrogen and oxygen atoms in total. The maximum absolute atomic E-state index is 11.3. The van der Waals surface area contributed by atoms with Crippen LogP contribution < -0.4 is 10.2 Å². The first kappa shape index (κ1) is 23.3. The van der Waals surface area contributed by atoms with Gasteiger partial charge in [-0.15, -0.1) is 5.48 Å². The molecule has 2 heterocycles. The first-order chi connectivity index (χ1) is 16.4. The highest BCUT2D eigenvalue weighted by atomic mass is 35.5. The fourth-order valence-electron chi connectivity index (χ4n) is 3.32. The fourth-order valence-corrected chi connectivity index (χ4v) is 3.57. The Balaban J connectivity index is 1.60. The van der Waals surface area contributed by atoms with Crippen molar-refractivity contribution in [3.63, 3.8) is 0 Å². The van der Waals surface area contributed by atoms with Crippen LogP contribution in [0.2, 0.25) is 5.02 Å². The molecule has 2 aromatic carbocycles. The van der Waals surface area contributed by atoms with Crippen molar-refractivity contribution in [3.8, 4) is 29.2 Å². The maximum Gasteiger partial charge on any atom is 0.324 e. The lowest BCUT2D eigenvalue weighted by molar-refractivity contribution is -0.151. The van der Waals surface area contributed by atoms with Gasteiger partial charge in [-0.25, -0.2) is 0 Å². The molecule has 0 fully saturated rings. The SMILES string of the molecule is CCC(=O)ONCc1ccc2c(c1)c(Cl)cn2-c1noc(-c2ccc(OC(C)C)c(C#N)c2)n1. The van der Waals surface area contributed by atoms with Crippen molar-refractivity contribution in [1.82, 2.24) is 20.2 Å². The Kier molecular flexibility index (Phi) is 6.82. The molecular formula is C24H22ClN5O4. The molecule has 1 N–H and O–H groups in total. The summed E-state index contributed by atoms with van der Waals surface area (Å²) in [5.41, 5.74) is 5.30. The number of hydrogen-bond donors (Lipinski definition) is 1. The summed E-state index contributed by atoms with van der Waals surface area (Å²) in [7, 11) is 0. The van der Waals surface area contributed by atoms with E-state index in [2.05, 4.69) is 21.7 Å². The second kappa shape index (κ2) is 9.95. The predicted octanol–water partition coefficient (Wildman–Crippen LogP) is 4.95. The predicted molar refractivity (Wildman–Crippen MR) is 125 cm³/mol. The zero-order valence-corrected chi connectivity index (χ0v) is 19.6. The molecule has 4 rings (SSSR count). The molecule has 2 aromatic heterocycles. The molecular weight excluding hydrogens is 458 g/mol. The van der Waals surface area contributed by atoms with Crippen LogP contribution in [-0.4, -0.2) is 26.8 Å². The number of rotatable bonds is 8. The largest absolute Gasteiger partial charge is 0.490 e. The summed E-state index contributed by atoms with van der Waals surface area (Å²) in [4.78, 5) is 20.7. The van der Waals surface area contributed by atoms with Gasteiger partial charge in [0.15, 0.2) is 0 Å². The number of carbonyl (C=O) groups excluding carboxylic acids is 1. The average molecular weight is 480 g/mol. The summed E-state index contributed by atoms with van der Waals surface area (Å²) in [6, 6.07) is 12.9. The van der Waals surface area contributed by atoms with Crippen molar-refractivity contribution in [2.75, 3.05) is 0 Å². The highest BCUT2D eigenvalue weighted by molar-refractivity contribution is 6.35. The van der Waals surface area contributed by atoms with Crippen LogP contribution in [0.4, 0.5) is 0 Å². The third kappa shape index (κ3) is 4.88. The minimum absolute atomic E-state index is 0.0533. The van der Waals surface area contributed by atoms with Crippen LogP contribution in [0.15, 0.2) is 47.1 Å². The van der Waals surface area contributed by atoms with Gasteiger partial charge in [-0.3, -0.25) is 9.36 Å². The number of nitriles is 1. The second-order valence-electron chi connectivity index (χ2n) is 7.74. The number of fused-ring (bicyclic) bond motifs is 1. The van der Waals surface area contributed by atoms with Crippen LogP contribution in [0.1, 0.15) is 38.3 Å². The van der Waals surface area contributed by atoms with Gasteiger partial charge in [0.2, 0.25) is 0 Å². The summed E-state index contributed by atoms with van der Waals surface area (Å²) in [5, 5.41) is 14.9. The number of nitrogens with one attached hydrogen (secondary N) is 1. The van der Waals surface area contributed by atoms with Crippen molar-refractivity contribution in [3.05, 3.63) is 58.7 Å². The lowest BCUT2D eigenvalue weighted by atomic mass is 10.1.